The third-order valence-corrected chi connectivity index (χ3v) is 3.73. The second-order valence-electron chi connectivity index (χ2n) is 4.33. The Bertz CT molecular complexity index is 586. The largest absolute Gasteiger partial charge is 0.382 e. The van der Waals surface area contributed by atoms with Crippen LogP contribution in [0.4, 0.5) is 8.78 Å². The normalized spacial score (nSPS) is 12.7. The molecule has 102 valence electrons. The van der Waals surface area contributed by atoms with Crippen molar-refractivity contribution in [2.45, 2.75) is 32.8 Å². The van der Waals surface area contributed by atoms with Crippen molar-refractivity contribution in [1.29, 1.82) is 0 Å². The van der Waals surface area contributed by atoms with Crippen LogP contribution in [0.15, 0.2) is 12.1 Å². The van der Waals surface area contributed by atoms with Gasteiger partial charge < -0.3 is 5.11 Å². The van der Waals surface area contributed by atoms with Crippen molar-refractivity contribution < 1.29 is 13.9 Å². The van der Waals surface area contributed by atoms with Crippen molar-refractivity contribution in [3.8, 4) is 0 Å². The van der Waals surface area contributed by atoms with Gasteiger partial charge in [0.2, 0.25) is 0 Å². The van der Waals surface area contributed by atoms with Gasteiger partial charge in [-0.3, -0.25) is 0 Å². The Labute approximate surface area is 114 Å². The van der Waals surface area contributed by atoms with Gasteiger partial charge >= 0.3 is 0 Å². The van der Waals surface area contributed by atoms with Crippen LogP contribution in [-0.2, 0) is 6.42 Å². The lowest BCUT2D eigenvalue weighted by Gasteiger charge is -2.13. The molecule has 2 aromatic rings. The molecule has 1 aromatic carbocycles. The number of rotatable bonds is 4. The highest BCUT2D eigenvalue weighted by Gasteiger charge is 2.25. The van der Waals surface area contributed by atoms with E-state index in [9.17, 15) is 13.9 Å². The zero-order valence-corrected chi connectivity index (χ0v) is 11.5. The van der Waals surface area contributed by atoms with Crippen molar-refractivity contribution in [3.63, 3.8) is 0 Å². The van der Waals surface area contributed by atoms with E-state index in [0.29, 0.717) is 22.6 Å². The third kappa shape index (κ3) is 2.64. The first kappa shape index (κ1) is 14.0. The summed E-state index contributed by atoms with van der Waals surface area (Å²) in [6.07, 6.45) is 0.0865. The standard InChI is InChI=1S/C13H14F2N2OS/c1-3-4-9-13(19-17-16-9)12(18)10-8(14)6-5-7(2)11(10)15/h5-6,12,18H,3-4H2,1-2H3. The molecule has 0 fully saturated rings. The van der Waals surface area contributed by atoms with Crippen LogP contribution in [0.3, 0.4) is 0 Å². The highest BCUT2D eigenvalue weighted by Crippen LogP contribution is 2.32. The van der Waals surface area contributed by atoms with Crippen LogP contribution in [0.1, 0.15) is 41.1 Å². The maximum absolute atomic E-state index is 14.0. The van der Waals surface area contributed by atoms with Crippen LogP contribution >= 0.6 is 11.5 Å². The molecule has 19 heavy (non-hydrogen) atoms. The van der Waals surface area contributed by atoms with Gasteiger partial charge in [-0.05, 0) is 36.5 Å². The second-order valence-corrected chi connectivity index (χ2v) is 5.11. The van der Waals surface area contributed by atoms with Gasteiger partial charge in [0.05, 0.1) is 16.1 Å². The van der Waals surface area contributed by atoms with Gasteiger partial charge in [-0.15, -0.1) is 5.10 Å². The Morgan fingerprint density at radius 2 is 2.11 bits per heavy atom. The van der Waals surface area contributed by atoms with Gasteiger partial charge in [-0.25, -0.2) is 8.78 Å². The average Bonchev–Trinajstić information content (AvgIpc) is 2.83. The Morgan fingerprint density at radius 3 is 2.79 bits per heavy atom. The molecule has 0 bridgehead atoms. The number of hydrogen-bond acceptors (Lipinski definition) is 4. The van der Waals surface area contributed by atoms with Crippen LogP contribution in [0, 0.1) is 18.6 Å². The molecule has 0 amide bonds. The molecule has 0 spiro atoms. The fraction of sp³-hybridized carbons (Fsp3) is 0.385. The van der Waals surface area contributed by atoms with E-state index in [-0.39, 0.29) is 5.56 Å². The van der Waals surface area contributed by atoms with Crippen molar-refractivity contribution in [2.75, 3.05) is 0 Å². The number of nitrogens with zero attached hydrogens (tertiary/aromatic N) is 2. The van der Waals surface area contributed by atoms with Crippen LogP contribution in [0.2, 0.25) is 0 Å². The van der Waals surface area contributed by atoms with E-state index in [4.69, 9.17) is 0 Å². The summed E-state index contributed by atoms with van der Waals surface area (Å²) in [6, 6.07) is 2.50. The Morgan fingerprint density at radius 1 is 1.37 bits per heavy atom. The highest BCUT2D eigenvalue weighted by molar-refractivity contribution is 7.05. The lowest BCUT2D eigenvalue weighted by molar-refractivity contribution is 0.211. The summed E-state index contributed by atoms with van der Waals surface area (Å²) in [5.41, 5.74) is 0.564. The predicted octanol–water partition coefficient (Wildman–Crippen LogP) is 3.16. The lowest BCUT2D eigenvalue weighted by atomic mass is 10.0. The van der Waals surface area contributed by atoms with E-state index < -0.39 is 17.7 Å². The zero-order chi connectivity index (χ0) is 14.0. The smallest absolute Gasteiger partial charge is 0.135 e. The Balaban J connectivity index is 2.47. The van der Waals surface area contributed by atoms with Crippen molar-refractivity contribution in [2.24, 2.45) is 0 Å². The van der Waals surface area contributed by atoms with E-state index in [0.717, 1.165) is 24.0 Å². The molecular weight excluding hydrogens is 270 g/mol. The SMILES string of the molecule is CCCc1nnsc1C(O)c1c(F)ccc(C)c1F. The van der Waals surface area contributed by atoms with Crippen LogP contribution in [0.25, 0.3) is 0 Å². The minimum Gasteiger partial charge on any atom is -0.382 e. The lowest BCUT2D eigenvalue weighted by Crippen LogP contribution is -2.08. The summed E-state index contributed by atoms with van der Waals surface area (Å²) < 4.78 is 31.5. The third-order valence-electron chi connectivity index (χ3n) is 2.91. The monoisotopic (exact) mass is 284 g/mol. The van der Waals surface area contributed by atoms with Crippen LogP contribution < -0.4 is 0 Å². The minimum atomic E-state index is -1.36. The molecule has 6 heteroatoms. The summed E-state index contributed by atoms with van der Waals surface area (Å²) in [4.78, 5) is 0.408. The molecule has 0 aliphatic heterocycles. The van der Waals surface area contributed by atoms with Gasteiger partial charge in [-0.1, -0.05) is 23.9 Å². The Kier molecular flexibility index (Phi) is 4.21. The molecule has 1 heterocycles. The van der Waals surface area contributed by atoms with Crippen molar-refractivity contribution in [3.05, 3.63) is 45.5 Å². The number of aryl methyl sites for hydroxylation is 2. The summed E-state index contributed by atoms with van der Waals surface area (Å²) in [5.74, 6) is -1.48. The summed E-state index contributed by atoms with van der Waals surface area (Å²) in [7, 11) is 0. The number of benzene rings is 1. The van der Waals surface area contributed by atoms with Gasteiger partial charge in [-0.2, -0.15) is 0 Å². The zero-order valence-electron chi connectivity index (χ0n) is 10.7. The first-order valence-electron chi connectivity index (χ1n) is 6.00. The number of halogens is 2. The summed E-state index contributed by atoms with van der Waals surface area (Å²) >= 11 is 0.971. The summed E-state index contributed by atoms with van der Waals surface area (Å²) in [6.45, 7) is 3.49. The molecule has 3 nitrogen and oxygen atoms in total. The van der Waals surface area contributed by atoms with Gasteiger partial charge in [0.25, 0.3) is 0 Å². The van der Waals surface area contributed by atoms with E-state index in [1.165, 1.54) is 13.0 Å². The minimum absolute atomic E-state index is 0.296. The molecule has 0 saturated heterocycles. The molecule has 0 aliphatic carbocycles. The van der Waals surface area contributed by atoms with E-state index >= 15 is 0 Å². The predicted molar refractivity (Wildman–Crippen MR) is 69.1 cm³/mol. The van der Waals surface area contributed by atoms with E-state index in [2.05, 4.69) is 9.59 Å². The molecule has 0 radical (unpaired) electrons. The molecule has 1 aromatic heterocycles. The maximum atomic E-state index is 14.0. The number of aliphatic hydroxyl groups is 1. The maximum Gasteiger partial charge on any atom is 0.135 e. The second kappa shape index (κ2) is 5.71. The van der Waals surface area contributed by atoms with E-state index in [1.807, 2.05) is 6.92 Å². The number of hydrogen-bond donors (Lipinski definition) is 1. The highest BCUT2D eigenvalue weighted by atomic mass is 32.1. The van der Waals surface area contributed by atoms with E-state index in [1.54, 1.807) is 0 Å². The fourth-order valence-corrected chi connectivity index (χ4v) is 2.59. The van der Waals surface area contributed by atoms with Gasteiger partial charge in [0.1, 0.15) is 17.7 Å². The van der Waals surface area contributed by atoms with Gasteiger partial charge in [0, 0.05) is 0 Å². The van der Waals surface area contributed by atoms with Crippen molar-refractivity contribution >= 4 is 11.5 Å². The first-order chi connectivity index (χ1) is 9.06. The van der Waals surface area contributed by atoms with Crippen LogP contribution in [0.5, 0.6) is 0 Å². The molecule has 0 saturated carbocycles. The number of aliphatic hydroxyl groups excluding tert-OH is 1. The molecule has 1 unspecified atom stereocenters. The van der Waals surface area contributed by atoms with Crippen LogP contribution in [-0.4, -0.2) is 14.7 Å². The molecule has 1 N–H and O–H groups in total. The fourth-order valence-electron chi connectivity index (χ4n) is 1.89. The number of aromatic nitrogens is 2. The first-order valence-corrected chi connectivity index (χ1v) is 6.77. The quantitative estimate of drug-likeness (QED) is 0.938. The summed E-state index contributed by atoms with van der Waals surface area (Å²) in [5, 5.41) is 14.1. The van der Waals surface area contributed by atoms with Gasteiger partial charge in [0.15, 0.2) is 0 Å². The topological polar surface area (TPSA) is 46.0 Å². The molecule has 1 atom stereocenters. The Hall–Kier alpha value is -1.40. The average molecular weight is 284 g/mol. The molecule has 2 rings (SSSR count). The molecular formula is C13H14F2N2OS. The van der Waals surface area contributed by atoms with Crippen molar-refractivity contribution in [1.82, 2.24) is 9.59 Å². The molecule has 0 aliphatic rings.